The zero-order chi connectivity index (χ0) is 13.2. The standard InChI is InChI=1S/C12H16O5/c1-6(2)9-8(13)5-7(12(15)17-4)10(14)11(9)16-3/h5-6,13-14H,1-4H3. The van der Waals surface area contributed by atoms with Crippen LogP contribution < -0.4 is 4.74 Å². The average molecular weight is 240 g/mol. The van der Waals surface area contributed by atoms with Gasteiger partial charge in [-0.05, 0) is 12.0 Å². The lowest BCUT2D eigenvalue weighted by atomic mass is 9.98. The monoisotopic (exact) mass is 240 g/mol. The molecule has 0 fully saturated rings. The average Bonchev–Trinajstić information content (AvgIpc) is 2.29. The Bertz CT molecular complexity index is 437. The summed E-state index contributed by atoms with van der Waals surface area (Å²) in [4.78, 5) is 11.4. The summed E-state index contributed by atoms with van der Waals surface area (Å²) in [7, 11) is 2.56. The molecule has 0 bridgehead atoms. The molecule has 0 aliphatic heterocycles. The van der Waals surface area contributed by atoms with E-state index < -0.39 is 5.97 Å². The van der Waals surface area contributed by atoms with Gasteiger partial charge in [0.1, 0.15) is 11.3 Å². The van der Waals surface area contributed by atoms with Gasteiger partial charge in [0.15, 0.2) is 11.5 Å². The van der Waals surface area contributed by atoms with Crippen molar-refractivity contribution in [1.82, 2.24) is 0 Å². The number of methoxy groups -OCH3 is 2. The molecular formula is C12H16O5. The molecule has 0 amide bonds. The zero-order valence-corrected chi connectivity index (χ0v) is 10.3. The molecule has 0 aromatic heterocycles. The Morgan fingerprint density at radius 1 is 1.29 bits per heavy atom. The Labute approximate surface area is 99.6 Å². The molecular weight excluding hydrogens is 224 g/mol. The number of phenols is 2. The lowest BCUT2D eigenvalue weighted by molar-refractivity contribution is 0.0596. The molecule has 1 aromatic carbocycles. The second-order valence-corrected chi connectivity index (χ2v) is 3.89. The number of rotatable bonds is 3. The van der Waals surface area contributed by atoms with Gasteiger partial charge in [0, 0.05) is 5.56 Å². The molecule has 94 valence electrons. The highest BCUT2D eigenvalue weighted by atomic mass is 16.5. The van der Waals surface area contributed by atoms with E-state index in [1.807, 2.05) is 13.8 Å². The molecule has 0 saturated heterocycles. The molecule has 0 atom stereocenters. The maximum atomic E-state index is 11.4. The lowest BCUT2D eigenvalue weighted by Crippen LogP contribution is -2.05. The Morgan fingerprint density at radius 2 is 1.88 bits per heavy atom. The van der Waals surface area contributed by atoms with Gasteiger partial charge < -0.3 is 19.7 Å². The van der Waals surface area contributed by atoms with Gasteiger partial charge in [-0.3, -0.25) is 0 Å². The molecule has 0 aliphatic rings. The molecule has 1 aromatic rings. The smallest absolute Gasteiger partial charge is 0.341 e. The third-order valence-electron chi connectivity index (χ3n) is 2.46. The van der Waals surface area contributed by atoms with Crippen LogP contribution in [-0.4, -0.2) is 30.4 Å². The molecule has 0 heterocycles. The highest BCUT2D eigenvalue weighted by Crippen LogP contribution is 2.43. The summed E-state index contributed by atoms with van der Waals surface area (Å²) in [5.41, 5.74) is 0.337. The van der Waals surface area contributed by atoms with Crippen LogP contribution in [0.15, 0.2) is 6.07 Å². The van der Waals surface area contributed by atoms with E-state index >= 15 is 0 Å². The van der Waals surface area contributed by atoms with Crippen molar-refractivity contribution in [3.8, 4) is 17.2 Å². The van der Waals surface area contributed by atoms with E-state index in [9.17, 15) is 15.0 Å². The lowest BCUT2D eigenvalue weighted by Gasteiger charge is -2.16. The van der Waals surface area contributed by atoms with Crippen molar-refractivity contribution in [2.45, 2.75) is 19.8 Å². The predicted molar refractivity (Wildman–Crippen MR) is 61.8 cm³/mol. The Morgan fingerprint density at radius 3 is 2.29 bits per heavy atom. The van der Waals surface area contributed by atoms with E-state index in [1.165, 1.54) is 20.3 Å². The van der Waals surface area contributed by atoms with Crippen LogP contribution in [0.5, 0.6) is 17.2 Å². The molecule has 2 N–H and O–H groups in total. The molecule has 0 unspecified atom stereocenters. The van der Waals surface area contributed by atoms with Crippen molar-refractivity contribution >= 4 is 5.97 Å². The number of benzene rings is 1. The highest BCUT2D eigenvalue weighted by Gasteiger charge is 2.24. The van der Waals surface area contributed by atoms with E-state index in [4.69, 9.17) is 4.74 Å². The maximum absolute atomic E-state index is 11.4. The van der Waals surface area contributed by atoms with Gasteiger partial charge in [0.2, 0.25) is 0 Å². The fraction of sp³-hybridized carbons (Fsp3) is 0.417. The van der Waals surface area contributed by atoms with Crippen LogP contribution in [0.25, 0.3) is 0 Å². The fourth-order valence-electron chi connectivity index (χ4n) is 1.68. The van der Waals surface area contributed by atoms with E-state index in [1.54, 1.807) is 0 Å². The van der Waals surface area contributed by atoms with Crippen LogP contribution in [0.4, 0.5) is 0 Å². The normalized spacial score (nSPS) is 10.4. The Kier molecular flexibility index (Phi) is 3.83. The topological polar surface area (TPSA) is 76.0 Å². The zero-order valence-electron chi connectivity index (χ0n) is 10.3. The maximum Gasteiger partial charge on any atom is 0.341 e. The van der Waals surface area contributed by atoms with Gasteiger partial charge in [0.25, 0.3) is 0 Å². The molecule has 0 spiro atoms. The summed E-state index contributed by atoms with van der Waals surface area (Å²) in [6.45, 7) is 3.68. The van der Waals surface area contributed by atoms with Crippen LogP contribution >= 0.6 is 0 Å². The minimum absolute atomic E-state index is 0.0532. The largest absolute Gasteiger partial charge is 0.507 e. The third-order valence-corrected chi connectivity index (χ3v) is 2.46. The first kappa shape index (κ1) is 13.2. The van der Waals surface area contributed by atoms with Crippen LogP contribution in [0, 0.1) is 0 Å². The van der Waals surface area contributed by atoms with Crippen LogP contribution in [0.1, 0.15) is 35.7 Å². The second-order valence-electron chi connectivity index (χ2n) is 3.89. The van der Waals surface area contributed by atoms with Crippen molar-refractivity contribution in [3.63, 3.8) is 0 Å². The van der Waals surface area contributed by atoms with Gasteiger partial charge >= 0.3 is 5.97 Å². The molecule has 0 aliphatic carbocycles. The predicted octanol–water partition coefficient (Wildman–Crippen LogP) is 2.02. The Balaban J connectivity index is 3.52. The van der Waals surface area contributed by atoms with Crippen molar-refractivity contribution < 1.29 is 24.5 Å². The first-order chi connectivity index (χ1) is 7.93. The number of ether oxygens (including phenoxy) is 2. The fourth-order valence-corrected chi connectivity index (χ4v) is 1.68. The van der Waals surface area contributed by atoms with E-state index in [2.05, 4.69) is 4.74 Å². The molecule has 0 saturated carbocycles. The number of phenolic OH excluding ortho intramolecular Hbond substituents is 2. The summed E-state index contributed by atoms with van der Waals surface area (Å²) in [6.07, 6.45) is 0. The summed E-state index contributed by atoms with van der Waals surface area (Å²) in [5.74, 6) is -1.11. The first-order valence-corrected chi connectivity index (χ1v) is 5.15. The third kappa shape index (κ3) is 2.27. The molecule has 0 radical (unpaired) electrons. The van der Waals surface area contributed by atoms with Crippen molar-refractivity contribution in [1.29, 1.82) is 0 Å². The Hall–Kier alpha value is -1.91. The number of hydrogen-bond donors (Lipinski definition) is 2. The highest BCUT2D eigenvalue weighted by molar-refractivity contribution is 5.94. The molecule has 5 heteroatoms. The van der Waals surface area contributed by atoms with E-state index in [0.29, 0.717) is 5.56 Å². The summed E-state index contributed by atoms with van der Waals surface area (Å²) >= 11 is 0. The molecule has 5 nitrogen and oxygen atoms in total. The van der Waals surface area contributed by atoms with Crippen molar-refractivity contribution in [2.24, 2.45) is 0 Å². The van der Waals surface area contributed by atoms with Gasteiger partial charge in [-0.15, -0.1) is 0 Å². The van der Waals surface area contributed by atoms with Crippen LogP contribution in [0.3, 0.4) is 0 Å². The quantitative estimate of drug-likeness (QED) is 0.624. The minimum atomic E-state index is -0.730. The van der Waals surface area contributed by atoms with E-state index in [-0.39, 0.29) is 28.7 Å². The van der Waals surface area contributed by atoms with Crippen LogP contribution in [0.2, 0.25) is 0 Å². The first-order valence-electron chi connectivity index (χ1n) is 5.15. The number of carbonyl (C=O) groups excluding carboxylic acids is 1. The van der Waals surface area contributed by atoms with Crippen molar-refractivity contribution in [3.05, 3.63) is 17.2 Å². The molecule has 1 rings (SSSR count). The minimum Gasteiger partial charge on any atom is -0.507 e. The summed E-state index contributed by atoms with van der Waals surface area (Å²) in [5, 5.41) is 19.8. The number of hydrogen-bond acceptors (Lipinski definition) is 5. The number of carbonyl (C=O) groups is 1. The summed E-state index contributed by atoms with van der Waals surface area (Å²) in [6, 6.07) is 1.18. The van der Waals surface area contributed by atoms with Gasteiger partial charge in [-0.2, -0.15) is 0 Å². The SMILES string of the molecule is COC(=O)c1cc(O)c(C(C)C)c(OC)c1O. The number of esters is 1. The number of aromatic hydroxyl groups is 2. The molecule has 17 heavy (non-hydrogen) atoms. The van der Waals surface area contributed by atoms with Crippen molar-refractivity contribution in [2.75, 3.05) is 14.2 Å². The summed E-state index contributed by atoms with van der Waals surface area (Å²) < 4.78 is 9.54. The van der Waals surface area contributed by atoms with Crippen LogP contribution in [-0.2, 0) is 4.74 Å². The van der Waals surface area contributed by atoms with Gasteiger partial charge in [-0.1, -0.05) is 13.8 Å². The van der Waals surface area contributed by atoms with Gasteiger partial charge in [-0.25, -0.2) is 4.79 Å². The van der Waals surface area contributed by atoms with E-state index in [0.717, 1.165) is 0 Å². The second kappa shape index (κ2) is 4.95. The van der Waals surface area contributed by atoms with Gasteiger partial charge in [0.05, 0.1) is 14.2 Å².